The fourth-order valence-corrected chi connectivity index (χ4v) is 3.12. The molecule has 1 aromatic heterocycles. The smallest absolute Gasteiger partial charge is 0.202 e. The van der Waals surface area contributed by atoms with E-state index in [9.17, 15) is 0 Å². The van der Waals surface area contributed by atoms with Crippen molar-refractivity contribution < 1.29 is 0 Å². The molecular formula is C12H21N3S. The lowest BCUT2D eigenvalue weighted by atomic mass is 10.0. The Labute approximate surface area is 102 Å². The number of nitrogens with one attached hydrogen (secondary N) is 1. The van der Waals surface area contributed by atoms with Crippen LogP contribution in [0.15, 0.2) is 0 Å². The lowest BCUT2D eigenvalue weighted by Crippen LogP contribution is -2.23. The quantitative estimate of drug-likeness (QED) is 0.855. The van der Waals surface area contributed by atoms with E-state index in [0.29, 0.717) is 6.04 Å². The summed E-state index contributed by atoms with van der Waals surface area (Å²) in [5, 5.41) is 4.51. The Morgan fingerprint density at radius 1 is 1.44 bits per heavy atom. The molecule has 1 aliphatic rings. The maximum absolute atomic E-state index is 4.51. The van der Waals surface area contributed by atoms with Crippen LogP contribution < -0.4 is 5.32 Å². The van der Waals surface area contributed by atoms with Crippen molar-refractivity contribution in [3.8, 4) is 0 Å². The number of nitrogens with zero attached hydrogens (tertiary/aromatic N) is 2. The third-order valence-electron chi connectivity index (χ3n) is 3.40. The van der Waals surface area contributed by atoms with Crippen molar-refractivity contribution in [1.82, 2.24) is 9.36 Å². The molecule has 1 fully saturated rings. The normalized spacial score (nSPS) is 18.9. The Morgan fingerprint density at radius 3 is 2.88 bits per heavy atom. The monoisotopic (exact) mass is 239 g/mol. The van der Waals surface area contributed by atoms with Gasteiger partial charge in [0.15, 0.2) is 0 Å². The van der Waals surface area contributed by atoms with Crippen molar-refractivity contribution >= 4 is 16.7 Å². The van der Waals surface area contributed by atoms with Crippen LogP contribution in [0, 0.1) is 5.92 Å². The summed E-state index contributed by atoms with van der Waals surface area (Å²) in [5.74, 6) is 1.83. The van der Waals surface area contributed by atoms with Crippen molar-refractivity contribution in [3.63, 3.8) is 0 Å². The van der Waals surface area contributed by atoms with E-state index in [-0.39, 0.29) is 0 Å². The molecule has 1 unspecified atom stereocenters. The molecule has 1 N–H and O–H groups in total. The second-order valence-electron chi connectivity index (χ2n) is 4.74. The molecule has 0 saturated heterocycles. The standard InChI is InChI=1S/C12H21N3S/c1-3-6-11-14-12(16-15-11)13-9(2)10-7-4-5-8-10/h9-10H,3-8H2,1-2H3,(H,13,14,15). The Hall–Kier alpha value is -0.640. The number of aromatic nitrogens is 2. The van der Waals surface area contributed by atoms with Gasteiger partial charge in [-0.3, -0.25) is 0 Å². The molecule has 16 heavy (non-hydrogen) atoms. The van der Waals surface area contributed by atoms with E-state index < -0.39 is 0 Å². The number of hydrogen-bond donors (Lipinski definition) is 1. The van der Waals surface area contributed by atoms with Crippen molar-refractivity contribution in [1.29, 1.82) is 0 Å². The maximum atomic E-state index is 4.51. The molecule has 1 saturated carbocycles. The summed E-state index contributed by atoms with van der Waals surface area (Å²) < 4.78 is 4.35. The van der Waals surface area contributed by atoms with Crippen molar-refractivity contribution in [2.24, 2.45) is 5.92 Å². The minimum Gasteiger partial charge on any atom is -0.358 e. The van der Waals surface area contributed by atoms with Crippen LogP contribution in [0.1, 0.15) is 51.8 Å². The van der Waals surface area contributed by atoms with Gasteiger partial charge in [-0.1, -0.05) is 19.8 Å². The van der Waals surface area contributed by atoms with E-state index >= 15 is 0 Å². The molecule has 4 heteroatoms. The molecule has 90 valence electrons. The van der Waals surface area contributed by atoms with E-state index in [0.717, 1.165) is 29.7 Å². The van der Waals surface area contributed by atoms with Gasteiger partial charge in [0.2, 0.25) is 5.13 Å². The molecule has 1 aliphatic carbocycles. The number of aryl methyl sites for hydroxylation is 1. The average molecular weight is 239 g/mol. The average Bonchev–Trinajstić information content (AvgIpc) is 2.89. The molecule has 0 bridgehead atoms. The highest BCUT2D eigenvalue weighted by atomic mass is 32.1. The summed E-state index contributed by atoms with van der Waals surface area (Å²) in [4.78, 5) is 4.51. The highest BCUT2D eigenvalue weighted by Crippen LogP contribution is 2.29. The van der Waals surface area contributed by atoms with Crippen LogP contribution >= 0.6 is 11.5 Å². The molecule has 0 radical (unpaired) electrons. The van der Waals surface area contributed by atoms with Crippen LogP contribution in [0.2, 0.25) is 0 Å². The van der Waals surface area contributed by atoms with Crippen LogP contribution in [0.4, 0.5) is 5.13 Å². The van der Waals surface area contributed by atoms with Gasteiger partial charge >= 0.3 is 0 Å². The SMILES string of the molecule is CCCc1nsc(NC(C)C2CCCC2)n1. The summed E-state index contributed by atoms with van der Waals surface area (Å²) in [6.45, 7) is 4.44. The summed E-state index contributed by atoms with van der Waals surface area (Å²) in [5.41, 5.74) is 0. The van der Waals surface area contributed by atoms with Crippen molar-refractivity contribution in [2.75, 3.05) is 5.32 Å². The zero-order valence-electron chi connectivity index (χ0n) is 10.2. The highest BCUT2D eigenvalue weighted by Gasteiger charge is 2.22. The first-order chi connectivity index (χ1) is 7.79. The molecule has 0 amide bonds. The van der Waals surface area contributed by atoms with Gasteiger partial charge in [-0.25, -0.2) is 4.98 Å². The highest BCUT2D eigenvalue weighted by molar-refractivity contribution is 7.09. The molecule has 3 nitrogen and oxygen atoms in total. The molecule has 0 spiro atoms. The van der Waals surface area contributed by atoms with Crippen molar-refractivity contribution in [2.45, 2.75) is 58.4 Å². The van der Waals surface area contributed by atoms with Crippen LogP contribution in [0.5, 0.6) is 0 Å². The predicted octanol–water partition coefficient (Wildman–Crippen LogP) is 3.48. The van der Waals surface area contributed by atoms with E-state index in [1.54, 1.807) is 0 Å². The van der Waals surface area contributed by atoms with E-state index in [1.807, 2.05) is 0 Å². The van der Waals surface area contributed by atoms with Gasteiger partial charge in [0.25, 0.3) is 0 Å². The second-order valence-corrected chi connectivity index (χ2v) is 5.50. The first-order valence-corrected chi connectivity index (χ1v) is 7.16. The van der Waals surface area contributed by atoms with Crippen LogP contribution in [-0.2, 0) is 6.42 Å². The van der Waals surface area contributed by atoms with Crippen molar-refractivity contribution in [3.05, 3.63) is 5.82 Å². The van der Waals surface area contributed by atoms with Gasteiger partial charge in [0.05, 0.1) is 0 Å². The summed E-state index contributed by atoms with van der Waals surface area (Å²) in [7, 11) is 0. The van der Waals surface area contributed by atoms with Gasteiger partial charge in [-0.2, -0.15) is 4.37 Å². The first-order valence-electron chi connectivity index (χ1n) is 6.38. The maximum Gasteiger partial charge on any atom is 0.202 e. The van der Waals surface area contributed by atoms with Crippen LogP contribution in [0.3, 0.4) is 0 Å². The number of anilines is 1. The summed E-state index contributed by atoms with van der Waals surface area (Å²) >= 11 is 1.50. The minimum absolute atomic E-state index is 0.546. The molecule has 1 heterocycles. The van der Waals surface area contributed by atoms with E-state index in [2.05, 4.69) is 28.5 Å². The minimum atomic E-state index is 0.546. The van der Waals surface area contributed by atoms with Gasteiger partial charge in [-0.05, 0) is 32.1 Å². The Balaban J connectivity index is 1.87. The second kappa shape index (κ2) is 5.62. The van der Waals surface area contributed by atoms with E-state index in [1.165, 1.54) is 37.2 Å². The number of rotatable bonds is 5. The third kappa shape index (κ3) is 2.94. The largest absolute Gasteiger partial charge is 0.358 e. The molecule has 0 aromatic carbocycles. The zero-order valence-corrected chi connectivity index (χ0v) is 11.0. The molecule has 1 atom stereocenters. The van der Waals surface area contributed by atoms with Crippen LogP contribution in [-0.4, -0.2) is 15.4 Å². The summed E-state index contributed by atoms with van der Waals surface area (Å²) in [6.07, 6.45) is 7.65. The third-order valence-corrected chi connectivity index (χ3v) is 4.08. The topological polar surface area (TPSA) is 37.8 Å². The fraction of sp³-hybridized carbons (Fsp3) is 0.833. The van der Waals surface area contributed by atoms with Gasteiger partial charge < -0.3 is 5.32 Å². The van der Waals surface area contributed by atoms with Gasteiger partial charge in [0, 0.05) is 24.0 Å². The zero-order chi connectivity index (χ0) is 11.4. The Kier molecular flexibility index (Phi) is 4.16. The Morgan fingerprint density at radius 2 is 2.19 bits per heavy atom. The van der Waals surface area contributed by atoms with Gasteiger partial charge in [-0.15, -0.1) is 0 Å². The van der Waals surface area contributed by atoms with Gasteiger partial charge in [0.1, 0.15) is 5.82 Å². The predicted molar refractivity (Wildman–Crippen MR) is 68.9 cm³/mol. The fourth-order valence-electron chi connectivity index (χ4n) is 2.41. The molecule has 2 rings (SSSR count). The molecule has 1 aromatic rings. The number of hydrogen-bond acceptors (Lipinski definition) is 4. The molecule has 0 aliphatic heterocycles. The first kappa shape index (κ1) is 11.8. The Bertz CT molecular complexity index is 318. The van der Waals surface area contributed by atoms with E-state index in [4.69, 9.17) is 0 Å². The molecular weight excluding hydrogens is 218 g/mol. The lowest BCUT2D eigenvalue weighted by molar-refractivity contribution is 0.482. The lowest BCUT2D eigenvalue weighted by Gasteiger charge is -2.19. The summed E-state index contributed by atoms with van der Waals surface area (Å²) in [6, 6.07) is 0.546. The van der Waals surface area contributed by atoms with Crippen LogP contribution in [0.25, 0.3) is 0 Å².